The number of carbonyl (C=O) groups is 1. The molecule has 1 aromatic carbocycles. The minimum Gasteiger partial charge on any atom is -0.393 e. The average molecular weight is 405 g/mol. The summed E-state index contributed by atoms with van der Waals surface area (Å²) < 4.78 is 44.1. The third-order valence-electron chi connectivity index (χ3n) is 5.22. The quantitative estimate of drug-likeness (QED) is 0.714. The van der Waals surface area contributed by atoms with Gasteiger partial charge in [0.15, 0.2) is 0 Å². The van der Waals surface area contributed by atoms with Gasteiger partial charge in [-0.15, -0.1) is 0 Å². The molecular formula is C19H18F3N5O2. The number of fused-ring (bicyclic) bond motifs is 3. The van der Waals surface area contributed by atoms with Crippen molar-refractivity contribution in [3.63, 3.8) is 0 Å². The number of hydrogen-bond acceptors (Lipinski definition) is 3. The molecule has 0 aliphatic carbocycles. The number of urea groups is 1. The topological polar surface area (TPSA) is 74.8 Å². The third kappa shape index (κ3) is 3.53. The van der Waals surface area contributed by atoms with E-state index in [0.29, 0.717) is 24.2 Å². The molecule has 2 amide bonds. The van der Waals surface area contributed by atoms with Crippen molar-refractivity contribution >= 4 is 17.4 Å². The predicted molar refractivity (Wildman–Crippen MR) is 97.2 cm³/mol. The lowest BCUT2D eigenvalue weighted by Crippen LogP contribution is -2.39. The lowest BCUT2D eigenvalue weighted by molar-refractivity contribution is -0.0507. The fraction of sp³-hybridized carbons (Fsp3) is 0.421. The van der Waals surface area contributed by atoms with Crippen LogP contribution >= 0.6 is 0 Å². The SMILES string of the molecule is [C-]#[N+]c1cc(NC(=O)N2CCc3nn4c(c3C2)C(F)(F)C[C@@H](O)CC4)ccc1F. The zero-order valence-electron chi connectivity index (χ0n) is 15.3. The maximum atomic E-state index is 14.7. The largest absolute Gasteiger partial charge is 0.393 e. The zero-order chi connectivity index (χ0) is 20.8. The molecule has 2 N–H and O–H groups in total. The summed E-state index contributed by atoms with van der Waals surface area (Å²) in [5.74, 6) is -3.93. The number of benzene rings is 1. The first-order valence-electron chi connectivity index (χ1n) is 9.16. The molecule has 4 rings (SSSR count). The summed E-state index contributed by atoms with van der Waals surface area (Å²) in [4.78, 5) is 17.0. The molecule has 0 saturated carbocycles. The van der Waals surface area contributed by atoms with Crippen molar-refractivity contribution < 1.29 is 23.1 Å². The Kier molecular flexibility index (Phi) is 4.70. The van der Waals surface area contributed by atoms with Crippen LogP contribution < -0.4 is 5.32 Å². The second-order valence-electron chi connectivity index (χ2n) is 7.23. The highest BCUT2D eigenvalue weighted by atomic mass is 19.3. The van der Waals surface area contributed by atoms with Gasteiger partial charge in [0.05, 0.1) is 24.9 Å². The molecule has 2 aromatic rings. The number of aliphatic hydroxyl groups excluding tert-OH is 1. The van der Waals surface area contributed by atoms with E-state index in [0.717, 1.165) is 6.07 Å². The number of rotatable bonds is 1. The smallest absolute Gasteiger partial charge is 0.322 e. The summed E-state index contributed by atoms with van der Waals surface area (Å²) in [6, 6.07) is 3.10. The summed E-state index contributed by atoms with van der Waals surface area (Å²) >= 11 is 0. The van der Waals surface area contributed by atoms with Crippen LogP contribution in [0.4, 0.5) is 29.3 Å². The Morgan fingerprint density at radius 2 is 2.17 bits per heavy atom. The first kappa shape index (κ1) is 19.3. The number of halogens is 3. The standard InChI is InChI=1S/C19H18F3N5O2/c1-23-16-8-11(2-3-14(16)20)24-18(29)26-6-5-15-13(10-26)17-19(21,22)9-12(28)4-7-27(17)25-15/h2-3,8,12,28H,4-7,9-10H2,(H,24,29)/t12-/m0/s1. The Morgan fingerprint density at radius 3 is 2.93 bits per heavy atom. The molecule has 0 spiro atoms. The average Bonchev–Trinajstić information content (AvgIpc) is 3.00. The summed E-state index contributed by atoms with van der Waals surface area (Å²) in [5.41, 5.74) is 0.640. The van der Waals surface area contributed by atoms with Crippen molar-refractivity contribution in [3.05, 3.63) is 52.4 Å². The van der Waals surface area contributed by atoms with Crippen molar-refractivity contribution in [2.75, 3.05) is 11.9 Å². The highest BCUT2D eigenvalue weighted by Gasteiger charge is 2.44. The van der Waals surface area contributed by atoms with Crippen molar-refractivity contribution in [1.29, 1.82) is 0 Å². The molecule has 152 valence electrons. The zero-order valence-corrected chi connectivity index (χ0v) is 15.3. The van der Waals surface area contributed by atoms with E-state index < -0.39 is 30.3 Å². The van der Waals surface area contributed by atoms with Crippen LogP contribution in [0.2, 0.25) is 0 Å². The van der Waals surface area contributed by atoms with Gasteiger partial charge < -0.3 is 15.3 Å². The van der Waals surface area contributed by atoms with Crippen LogP contribution in [0.25, 0.3) is 4.85 Å². The lowest BCUT2D eigenvalue weighted by Gasteiger charge is -2.28. The van der Waals surface area contributed by atoms with Crippen LogP contribution in [0.5, 0.6) is 0 Å². The Labute approximate surface area is 164 Å². The van der Waals surface area contributed by atoms with Gasteiger partial charge in [0, 0.05) is 37.2 Å². The fourth-order valence-electron chi connectivity index (χ4n) is 3.82. The third-order valence-corrected chi connectivity index (χ3v) is 5.22. The highest BCUT2D eigenvalue weighted by Crippen LogP contribution is 2.40. The molecule has 2 aliphatic heterocycles. The van der Waals surface area contributed by atoms with Gasteiger partial charge in [0.2, 0.25) is 5.69 Å². The Hall–Kier alpha value is -3.06. The van der Waals surface area contributed by atoms with E-state index in [1.165, 1.54) is 21.7 Å². The number of anilines is 1. The Morgan fingerprint density at radius 1 is 1.38 bits per heavy atom. The van der Waals surface area contributed by atoms with Crippen LogP contribution in [0.1, 0.15) is 29.8 Å². The van der Waals surface area contributed by atoms with Gasteiger partial charge in [0.25, 0.3) is 5.92 Å². The van der Waals surface area contributed by atoms with Crippen LogP contribution in [0.15, 0.2) is 18.2 Å². The van der Waals surface area contributed by atoms with E-state index in [9.17, 15) is 23.1 Å². The van der Waals surface area contributed by atoms with Crippen molar-refractivity contribution in [2.45, 2.75) is 44.4 Å². The minimum absolute atomic E-state index is 0.0426. The molecule has 1 atom stereocenters. The number of alkyl halides is 2. The molecule has 0 unspecified atom stereocenters. The van der Waals surface area contributed by atoms with Crippen LogP contribution in [0, 0.1) is 12.4 Å². The monoisotopic (exact) mass is 405 g/mol. The van der Waals surface area contributed by atoms with E-state index in [2.05, 4.69) is 15.3 Å². The van der Waals surface area contributed by atoms with Gasteiger partial charge in [-0.25, -0.2) is 14.0 Å². The van der Waals surface area contributed by atoms with E-state index >= 15 is 0 Å². The van der Waals surface area contributed by atoms with Crippen LogP contribution in [-0.2, 0) is 25.4 Å². The number of aryl methyl sites for hydroxylation is 1. The molecule has 0 bridgehead atoms. The maximum Gasteiger partial charge on any atom is 0.322 e. The van der Waals surface area contributed by atoms with Crippen molar-refractivity contribution in [3.8, 4) is 0 Å². The van der Waals surface area contributed by atoms with Crippen molar-refractivity contribution in [1.82, 2.24) is 14.7 Å². The molecule has 29 heavy (non-hydrogen) atoms. The van der Waals surface area contributed by atoms with Gasteiger partial charge in [-0.2, -0.15) is 13.9 Å². The van der Waals surface area contributed by atoms with Gasteiger partial charge in [-0.3, -0.25) is 4.68 Å². The second-order valence-corrected chi connectivity index (χ2v) is 7.23. The predicted octanol–water partition coefficient (Wildman–Crippen LogP) is 3.41. The van der Waals surface area contributed by atoms with E-state index in [-0.39, 0.29) is 36.6 Å². The maximum absolute atomic E-state index is 14.7. The molecule has 1 aromatic heterocycles. The minimum atomic E-state index is -3.24. The number of aromatic nitrogens is 2. The summed E-state index contributed by atoms with van der Waals surface area (Å²) in [7, 11) is 0. The molecular weight excluding hydrogens is 387 g/mol. The van der Waals surface area contributed by atoms with Gasteiger partial charge in [-0.05, 0) is 24.6 Å². The number of amides is 2. The summed E-state index contributed by atoms with van der Waals surface area (Å²) in [5, 5.41) is 16.6. The molecule has 10 heteroatoms. The molecule has 2 aliphatic rings. The van der Waals surface area contributed by atoms with Gasteiger partial charge in [-0.1, -0.05) is 0 Å². The van der Waals surface area contributed by atoms with Crippen LogP contribution in [0.3, 0.4) is 0 Å². The molecule has 3 heterocycles. The summed E-state index contributed by atoms with van der Waals surface area (Å²) in [6.07, 6.45) is -1.26. The van der Waals surface area contributed by atoms with Crippen molar-refractivity contribution in [2.24, 2.45) is 0 Å². The number of nitrogens with zero attached hydrogens (tertiary/aromatic N) is 4. The Balaban J connectivity index is 1.57. The van der Waals surface area contributed by atoms with E-state index in [1.807, 2.05) is 0 Å². The molecule has 0 fully saturated rings. The second kappa shape index (κ2) is 7.08. The molecule has 0 radical (unpaired) electrons. The van der Waals surface area contributed by atoms with E-state index in [4.69, 9.17) is 6.57 Å². The first-order valence-corrected chi connectivity index (χ1v) is 9.16. The number of carbonyl (C=O) groups excluding carboxylic acids is 1. The number of nitrogens with one attached hydrogen (secondary N) is 1. The normalized spacial score (nSPS) is 20.2. The fourth-order valence-corrected chi connectivity index (χ4v) is 3.82. The number of hydrogen-bond donors (Lipinski definition) is 2. The first-order chi connectivity index (χ1) is 13.8. The van der Waals surface area contributed by atoms with Gasteiger partial charge in [0.1, 0.15) is 11.5 Å². The van der Waals surface area contributed by atoms with Crippen LogP contribution in [-0.4, -0.2) is 38.5 Å². The Bertz CT molecular complexity index is 1010. The summed E-state index contributed by atoms with van der Waals surface area (Å²) in [6.45, 7) is 7.39. The molecule has 0 saturated heterocycles. The molecule has 7 nitrogen and oxygen atoms in total. The van der Waals surface area contributed by atoms with E-state index in [1.54, 1.807) is 0 Å². The highest BCUT2D eigenvalue weighted by molar-refractivity contribution is 5.90. The number of aliphatic hydroxyl groups is 1. The lowest BCUT2D eigenvalue weighted by atomic mass is 9.99. The van der Waals surface area contributed by atoms with Gasteiger partial charge >= 0.3 is 6.03 Å².